The first-order valence-electron chi connectivity index (χ1n) is 10.8. The van der Waals surface area contributed by atoms with Gasteiger partial charge < -0.3 is 9.64 Å². The summed E-state index contributed by atoms with van der Waals surface area (Å²) in [5.74, 6) is -0.391. The predicted molar refractivity (Wildman–Crippen MR) is 112 cm³/mol. The first kappa shape index (κ1) is 19.9. The van der Waals surface area contributed by atoms with Gasteiger partial charge in [-0.05, 0) is 31.9 Å². The number of hydrogen-bond donors (Lipinski definition) is 0. The van der Waals surface area contributed by atoms with Gasteiger partial charge in [0.2, 0.25) is 5.91 Å². The second-order valence-electron chi connectivity index (χ2n) is 7.97. The van der Waals surface area contributed by atoms with E-state index in [-0.39, 0.29) is 12.3 Å². The van der Waals surface area contributed by atoms with Gasteiger partial charge in [-0.3, -0.25) is 14.7 Å². The molecule has 0 aromatic heterocycles. The second kappa shape index (κ2) is 8.95. The molecule has 1 unspecified atom stereocenters. The standard InChI is InChI=1S/C22H30N4O3/c1-2-29-22(28)19-16-20(26(23-19)18-10-4-3-5-11-18)21(27)25-14-12-24(13-15-25)17-8-6-7-9-17/h3-5,10-11,17,20H,2,6-9,12-16H2,1H3. The zero-order valence-corrected chi connectivity index (χ0v) is 17.1. The Balaban J connectivity index is 1.45. The van der Waals surface area contributed by atoms with Crippen LogP contribution < -0.4 is 5.01 Å². The first-order chi connectivity index (χ1) is 14.2. The number of amides is 1. The summed E-state index contributed by atoms with van der Waals surface area (Å²) in [6.45, 7) is 5.41. The maximum absolute atomic E-state index is 13.4. The average molecular weight is 399 g/mol. The van der Waals surface area contributed by atoms with Gasteiger partial charge in [0.25, 0.3) is 0 Å². The molecule has 1 aromatic carbocycles. The van der Waals surface area contributed by atoms with Crippen molar-refractivity contribution in [3.63, 3.8) is 0 Å². The van der Waals surface area contributed by atoms with Crippen molar-refractivity contribution in [2.75, 3.05) is 37.8 Å². The van der Waals surface area contributed by atoms with Crippen molar-refractivity contribution < 1.29 is 14.3 Å². The van der Waals surface area contributed by atoms with Gasteiger partial charge in [-0.2, -0.15) is 5.10 Å². The van der Waals surface area contributed by atoms with E-state index < -0.39 is 12.0 Å². The van der Waals surface area contributed by atoms with E-state index in [0.717, 1.165) is 31.9 Å². The fourth-order valence-electron chi connectivity index (χ4n) is 4.65. The van der Waals surface area contributed by atoms with Crippen molar-refractivity contribution in [2.24, 2.45) is 5.10 Å². The maximum atomic E-state index is 13.4. The summed E-state index contributed by atoms with van der Waals surface area (Å²) < 4.78 is 5.13. The highest BCUT2D eigenvalue weighted by Gasteiger charge is 2.40. The zero-order chi connectivity index (χ0) is 20.2. The number of hydrazone groups is 1. The van der Waals surface area contributed by atoms with Crippen molar-refractivity contribution in [2.45, 2.75) is 51.1 Å². The van der Waals surface area contributed by atoms with Gasteiger partial charge in [-0.15, -0.1) is 0 Å². The molecule has 1 aliphatic carbocycles. The molecule has 7 heteroatoms. The highest BCUT2D eigenvalue weighted by atomic mass is 16.5. The van der Waals surface area contributed by atoms with Crippen LogP contribution in [0, 0.1) is 0 Å². The van der Waals surface area contributed by atoms with Gasteiger partial charge in [0.15, 0.2) is 0 Å². The number of benzene rings is 1. The number of rotatable bonds is 5. The Labute approximate surface area is 172 Å². The summed E-state index contributed by atoms with van der Waals surface area (Å²) in [5.41, 5.74) is 1.13. The average Bonchev–Trinajstić information content (AvgIpc) is 3.45. The normalized spacial score (nSPS) is 23.3. The molecule has 1 saturated heterocycles. The van der Waals surface area contributed by atoms with Crippen LogP contribution >= 0.6 is 0 Å². The number of nitrogens with zero attached hydrogens (tertiary/aromatic N) is 4. The monoisotopic (exact) mass is 398 g/mol. The van der Waals surface area contributed by atoms with Gasteiger partial charge >= 0.3 is 5.97 Å². The quantitative estimate of drug-likeness (QED) is 0.712. The van der Waals surface area contributed by atoms with E-state index in [9.17, 15) is 9.59 Å². The van der Waals surface area contributed by atoms with E-state index in [0.29, 0.717) is 18.4 Å². The Morgan fingerprint density at radius 1 is 1.07 bits per heavy atom. The number of esters is 1. The molecule has 1 saturated carbocycles. The van der Waals surface area contributed by atoms with Crippen molar-refractivity contribution in [1.82, 2.24) is 9.80 Å². The summed E-state index contributed by atoms with van der Waals surface area (Å²) >= 11 is 0. The van der Waals surface area contributed by atoms with Crippen LogP contribution in [0.25, 0.3) is 0 Å². The van der Waals surface area contributed by atoms with E-state index >= 15 is 0 Å². The molecule has 3 aliphatic rings. The third-order valence-electron chi connectivity index (χ3n) is 6.19. The third kappa shape index (κ3) is 4.29. The smallest absolute Gasteiger partial charge is 0.354 e. The summed E-state index contributed by atoms with van der Waals surface area (Å²) in [6, 6.07) is 9.78. The number of carbonyl (C=O) groups excluding carboxylic acids is 2. The lowest BCUT2D eigenvalue weighted by molar-refractivity contribution is -0.135. The molecule has 7 nitrogen and oxygen atoms in total. The Hall–Kier alpha value is -2.41. The number of para-hydroxylation sites is 1. The molecule has 29 heavy (non-hydrogen) atoms. The lowest BCUT2D eigenvalue weighted by atomic mass is 10.1. The van der Waals surface area contributed by atoms with Crippen molar-refractivity contribution in [3.05, 3.63) is 30.3 Å². The molecule has 156 valence electrons. The molecule has 1 aromatic rings. The SMILES string of the molecule is CCOC(=O)C1=NN(c2ccccc2)C(C(=O)N2CCN(C3CCCC3)CC2)C1. The number of hydrogen-bond acceptors (Lipinski definition) is 6. The molecule has 2 heterocycles. The van der Waals surface area contributed by atoms with Crippen LogP contribution in [0.15, 0.2) is 35.4 Å². The van der Waals surface area contributed by atoms with Crippen molar-refractivity contribution >= 4 is 23.3 Å². The Morgan fingerprint density at radius 2 is 1.76 bits per heavy atom. The molecule has 2 aliphatic heterocycles. The van der Waals surface area contributed by atoms with Gasteiger partial charge in [0.1, 0.15) is 11.8 Å². The van der Waals surface area contributed by atoms with Crippen LogP contribution in [0.5, 0.6) is 0 Å². The molecule has 0 bridgehead atoms. The second-order valence-corrected chi connectivity index (χ2v) is 7.97. The summed E-state index contributed by atoms with van der Waals surface area (Å²) in [7, 11) is 0. The van der Waals surface area contributed by atoms with Crippen LogP contribution in [0.4, 0.5) is 5.69 Å². The maximum Gasteiger partial charge on any atom is 0.354 e. The molecule has 2 fully saturated rings. The van der Waals surface area contributed by atoms with E-state index in [2.05, 4.69) is 10.0 Å². The van der Waals surface area contributed by atoms with Gasteiger partial charge in [0.05, 0.1) is 12.3 Å². The van der Waals surface area contributed by atoms with Gasteiger partial charge in [-0.1, -0.05) is 31.0 Å². The van der Waals surface area contributed by atoms with Crippen LogP contribution in [0.3, 0.4) is 0 Å². The molecule has 0 spiro atoms. The minimum Gasteiger partial charge on any atom is -0.461 e. The van der Waals surface area contributed by atoms with Gasteiger partial charge in [0, 0.05) is 38.6 Å². The predicted octanol–water partition coefficient (Wildman–Crippen LogP) is 2.27. The summed E-state index contributed by atoms with van der Waals surface area (Å²) in [4.78, 5) is 30.1. The molecule has 0 radical (unpaired) electrons. The number of anilines is 1. The number of carbonyl (C=O) groups is 2. The van der Waals surface area contributed by atoms with Crippen LogP contribution in [0.1, 0.15) is 39.0 Å². The molecular weight excluding hydrogens is 368 g/mol. The number of piperazine rings is 1. The summed E-state index contributed by atoms with van der Waals surface area (Å²) in [5, 5.41) is 6.16. The van der Waals surface area contributed by atoms with Crippen molar-refractivity contribution in [1.29, 1.82) is 0 Å². The molecular formula is C22H30N4O3. The molecule has 1 amide bonds. The van der Waals surface area contributed by atoms with E-state index in [1.165, 1.54) is 25.7 Å². The fraction of sp³-hybridized carbons (Fsp3) is 0.591. The third-order valence-corrected chi connectivity index (χ3v) is 6.19. The number of ether oxygens (including phenoxy) is 1. The van der Waals surface area contributed by atoms with Crippen LogP contribution in [0.2, 0.25) is 0 Å². The minimum atomic E-state index is -0.491. The highest BCUT2D eigenvalue weighted by molar-refractivity contribution is 6.38. The highest BCUT2D eigenvalue weighted by Crippen LogP contribution is 2.28. The van der Waals surface area contributed by atoms with E-state index in [4.69, 9.17) is 4.74 Å². The minimum absolute atomic E-state index is 0.0444. The largest absolute Gasteiger partial charge is 0.461 e. The topological polar surface area (TPSA) is 65.5 Å². The summed E-state index contributed by atoms with van der Waals surface area (Å²) in [6.07, 6.45) is 5.51. The molecule has 4 rings (SSSR count). The fourth-order valence-corrected chi connectivity index (χ4v) is 4.65. The van der Waals surface area contributed by atoms with E-state index in [1.54, 1.807) is 11.9 Å². The molecule has 1 atom stereocenters. The van der Waals surface area contributed by atoms with Crippen LogP contribution in [-0.4, -0.2) is 72.3 Å². The lowest BCUT2D eigenvalue weighted by Crippen LogP contribution is -2.55. The zero-order valence-electron chi connectivity index (χ0n) is 17.1. The van der Waals surface area contributed by atoms with Crippen LogP contribution in [-0.2, 0) is 14.3 Å². The lowest BCUT2D eigenvalue weighted by Gasteiger charge is -2.39. The van der Waals surface area contributed by atoms with E-state index in [1.807, 2.05) is 35.2 Å². The first-order valence-corrected chi connectivity index (χ1v) is 10.8. The van der Waals surface area contributed by atoms with Crippen molar-refractivity contribution in [3.8, 4) is 0 Å². The Kier molecular flexibility index (Phi) is 6.13. The van der Waals surface area contributed by atoms with Gasteiger partial charge in [-0.25, -0.2) is 4.79 Å². The Bertz CT molecular complexity index is 753. The molecule has 0 N–H and O–H groups in total. The Morgan fingerprint density at radius 3 is 2.41 bits per heavy atom.